The van der Waals surface area contributed by atoms with Gasteiger partial charge in [-0.2, -0.15) is 0 Å². The van der Waals surface area contributed by atoms with Crippen LogP contribution < -0.4 is 0 Å². The molecule has 18 unspecified atom stereocenters. The third-order valence-electron chi connectivity index (χ3n) is 27.8. The number of aliphatic carboxylic acids is 5. The van der Waals surface area contributed by atoms with E-state index in [1.807, 2.05) is 13.8 Å². The van der Waals surface area contributed by atoms with Gasteiger partial charge in [-0.1, -0.05) is 352 Å². The summed E-state index contributed by atoms with van der Waals surface area (Å²) >= 11 is 0. The van der Waals surface area contributed by atoms with E-state index in [9.17, 15) is 59.4 Å². The highest BCUT2D eigenvalue weighted by Crippen LogP contribution is 2.36. The Morgan fingerprint density at radius 3 is 0.804 bits per heavy atom. The van der Waals surface area contributed by atoms with Crippen LogP contribution in [0.5, 0.6) is 0 Å². The standard InChI is InChI=1S/2C21H36O4.C21H36O3.C20H34O4.C19H32O4.C18H30O4/c1-5-6-10-15-21(4,24)16-13-18-17(25-18)12-9-7-8-11-14-20(2,3)19(22)23;1-5-6-9-12-17-18(25-17)13-16-21(4,24)15-11-8-7-10-14-20(2,3)19(22)23;1-5-6-11-15-19-20(24-19)18(23)14-12-9-7-8-10-13-16-21(3,4)17(2)22;1-4-5-8-11-16(21)13-14-18-17(24-18)12-9-6-7-10-15-20(2,3)19(22)23;1-3-4-10-14-19(2,22)15-13-17-16(23-17)11-8-6-5-7-9-12-18(20)21;1-2-3-7-10-15(19)13-14-17-16(22-17)11-8-5-4-6-9-12-18(20)21/h2*17-18,24H,5-12,14-15H2,1-4H3,(H,22,23);18-20,23H,5-11,13,15-16H2,1-4H3;16-18,21H,4-12,15H2,1-3H3,(H,22,23);16-17,22H,3-12,14H2,1-2H3,(H,20,21);15-17,19H,2-12H2,1H3,(H,20,21). The number of carboxylic acids is 5. The minimum Gasteiger partial charge on any atom is -0.481 e. The number of Topliss-reactive ketones (excluding diaryl/α,β-unsaturated/α-hetero) is 1. The van der Waals surface area contributed by atoms with Crippen molar-refractivity contribution >= 4 is 35.6 Å². The van der Waals surface area contributed by atoms with Crippen LogP contribution in [0.3, 0.4) is 0 Å². The molecule has 0 amide bonds. The van der Waals surface area contributed by atoms with Crippen molar-refractivity contribution in [1.82, 2.24) is 0 Å². The van der Waals surface area contributed by atoms with Gasteiger partial charge in [0.05, 0.1) is 52.9 Å². The Kier molecular flexibility index (Phi) is 72.9. The van der Waals surface area contributed by atoms with Gasteiger partial charge in [0.15, 0.2) is 0 Å². The van der Waals surface area contributed by atoms with Crippen molar-refractivity contribution in [2.75, 3.05) is 0 Å². The molecule has 0 radical (unpaired) electrons. The largest absolute Gasteiger partial charge is 0.481 e. The molecule has 6 rings (SSSR count). The first-order valence-electron chi connectivity index (χ1n) is 56.6. The fourth-order valence-electron chi connectivity index (χ4n) is 16.4. The van der Waals surface area contributed by atoms with Gasteiger partial charge in [0, 0.05) is 24.7 Å². The zero-order chi connectivity index (χ0) is 107. The second-order valence-electron chi connectivity index (χ2n) is 44.7. The lowest BCUT2D eigenvalue weighted by Gasteiger charge is -2.20. The highest BCUT2D eigenvalue weighted by Gasteiger charge is 2.44. The van der Waals surface area contributed by atoms with Gasteiger partial charge in [0.1, 0.15) is 77.5 Å². The van der Waals surface area contributed by atoms with Gasteiger partial charge in [-0.15, -0.1) is 5.92 Å². The van der Waals surface area contributed by atoms with Crippen molar-refractivity contribution in [3.05, 3.63) is 0 Å². The molecule has 0 aromatic heterocycles. The molecule has 23 heteroatoms. The van der Waals surface area contributed by atoms with Crippen molar-refractivity contribution in [3.8, 4) is 71.0 Å². The summed E-state index contributed by atoms with van der Waals surface area (Å²) in [4.78, 5) is 65.3. The van der Waals surface area contributed by atoms with Crippen LogP contribution in [0.25, 0.3) is 0 Å². The molecule has 6 aliphatic heterocycles. The fourth-order valence-corrected chi connectivity index (χ4v) is 16.4. The predicted octanol–water partition coefficient (Wildman–Crippen LogP) is 25.3. The molecule has 6 saturated heterocycles. The minimum absolute atomic E-state index is 0.000314. The van der Waals surface area contributed by atoms with Crippen LogP contribution >= 0.6 is 0 Å². The Labute approximate surface area is 868 Å². The summed E-state index contributed by atoms with van der Waals surface area (Å²) in [5.41, 5.74) is -4.80. The average Bonchev–Trinajstić information content (AvgIpc) is 1.66. The Morgan fingerprint density at radius 2 is 0.510 bits per heavy atom. The Balaban J connectivity index is 0.000000858. The highest BCUT2D eigenvalue weighted by molar-refractivity contribution is 5.81. The van der Waals surface area contributed by atoms with Crippen LogP contribution in [0, 0.1) is 92.7 Å². The molecule has 0 aromatic carbocycles. The number of carbonyl (C=O) groups is 6. The predicted molar refractivity (Wildman–Crippen MR) is 573 cm³/mol. The monoisotopic (exact) mass is 2010 g/mol. The topological polar surface area (TPSA) is 400 Å². The molecule has 11 N–H and O–H groups in total. The van der Waals surface area contributed by atoms with E-state index in [1.54, 1.807) is 69.2 Å². The summed E-state index contributed by atoms with van der Waals surface area (Å²) in [6, 6.07) is 0. The zero-order valence-electron chi connectivity index (χ0n) is 92.8. The Hall–Kier alpha value is -6.10. The first kappa shape index (κ1) is 135. The lowest BCUT2D eigenvalue weighted by molar-refractivity contribution is -0.148. The van der Waals surface area contributed by atoms with Crippen molar-refractivity contribution in [2.45, 2.75) is 631 Å². The second-order valence-corrected chi connectivity index (χ2v) is 44.7. The summed E-state index contributed by atoms with van der Waals surface area (Å²) < 4.78 is 33.2. The van der Waals surface area contributed by atoms with Gasteiger partial charge in [-0.3, -0.25) is 28.8 Å². The summed E-state index contributed by atoms with van der Waals surface area (Å²) in [6.07, 6.45) is 61.3. The van der Waals surface area contributed by atoms with Crippen molar-refractivity contribution < 1.29 is 113 Å². The normalized spacial score (nSPS) is 21.5. The molecule has 6 heterocycles. The minimum atomic E-state index is -0.958. The first-order valence-corrected chi connectivity index (χ1v) is 56.6. The SMILES string of the molecule is CCCCCC(C)(O)C#CC1OC1CCCCCCC(C)(C)C(=O)O.CCCCCC(C)(O)C#CC1OC1CCCCCCCC(=O)O.CCCCCC(O)C#CC1OC1CCCCCCC(C)(C)C(=O)O.CCCCCC(O)C#CC1OC1CCCCCCCC(=O)O.CCCCCC1OC1C#CC(C)(O)CCCCCCC(C)(C)C(=O)O.CCCCCC1OC1C(O)C#CCCCCCCC(C)(C)C(C)=O. The van der Waals surface area contributed by atoms with E-state index < -0.39 is 81.2 Å². The molecule has 23 nitrogen and oxygen atoms in total. The third-order valence-corrected chi connectivity index (χ3v) is 27.8. The summed E-state index contributed by atoms with van der Waals surface area (Å²) in [5.74, 6) is 32.7. The van der Waals surface area contributed by atoms with Crippen LogP contribution in [-0.4, -0.2) is 200 Å². The second kappa shape index (κ2) is 77.3. The number of aliphatic hydroxyl groups excluding tert-OH is 3. The van der Waals surface area contributed by atoms with Crippen molar-refractivity contribution in [2.24, 2.45) is 21.7 Å². The zero-order valence-corrected chi connectivity index (χ0v) is 92.8. The van der Waals surface area contributed by atoms with Gasteiger partial charge in [0.2, 0.25) is 0 Å². The number of ether oxygens (including phenoxy) is 6. The molecule has 6 fully saturated rings. The molecule has 0 bridgehead atoms. The number of unbranched alkanes of at least 4 members (excludes halogenated alkanes) is 33. The lowest BCUT2D eigenvalue weighted by atomic mass is 9.83. The van der Waals surface area contributed by atoms with Crippen molar-refractivity contribution in [3.63, 3.8) is 0 Å². The lowest BCUT2D eigenvalue weighted by Crippen LogP contribution is -2.23. The molecule has 143 heavy (non-hydrogen) atoms. The Morgan fingerprint density at radius 1 is 0.273 bits per heavy atom. The van der Waals surface area contributed by atoms with E-state index in [0.717, 1.165) is 334 Å². The first-order chi connectivity index (χ1) is 67.7. The smallest absolute Gasteiger partial charge is 0.309 e. The number of aliphatic hydroxyl groups is 6. The molecular weight excluding hydrogens is 1810 g/mol. The van der Waals surface area contributed by atoms with E-state index in [2.05, 4.69) is 113 Å². The summed E-state index contributed by atoms with van der Waals surface area (Å²) in [5, 5.41) is 104. The highest BCUT2D eigenvalue weighted by atomic mass is 16.6. The molecule has 822 valence electrons. The number of carbonyl (C=O) groups excluding carboxylic acids is 1. The molecule has 0 saturated carbocycles. The average molecular weight is 2010 g/mol. The summed E-state index contributed by atoms with van der Waals surface area (Å²) in [7, 11) is 0. The maximum absolute atomic E-state index is 11.4. The number of hydrogen-bond acceptors (Lipinski definition) is 18. The van der Waals surface area contributed by atoms with Crippen LogP contribution in [0.2, 0.25) is 0 Å². The Bertz CT molecular complexity index is 3840. The van der Waals surface area contributed by atoms with Crippen molar-refractivity contribution in [1.29, 1.82) is 0 Å². The molecule has 0 spiro atoms. The van der Waals surface area contributed by atoms with E-state index in [1.165, 1.54) is 38.5 Å². The van der Waals surface area contributed by atoms with E-state index in [-0.39, 0.29) is 97.3 Å². The van der Waals surface area contributed by atoms with E-state index >= 15 is 0 Å². The number of epoxide rings is 6. The number of rotatable bonds is 72. The van der Waals surface area contributed by atoms with Crippen LogP contribution in [0.1, 0.15) is 523 Å². The quantitative estimate of drug-likeness (QED) is 0.0153. The van der Waals surface area contributed by atoms with Gasteiger partial charge in [-0.05, 0) is 217 Å². The number of carboxylic acid groups (broad SMARTS) is 5. The summed E-state index contributed by atoms with van der Waals surface area (Å²) in [6.45, 7) is 34.7. The third kappa shape index (κ3) is 74.5. The molecule has 0 aliphatic carbocycles. The van der Waals surface area contributed by atoms with Gasteiger partial charge < -0.3 is 84.6 Å². The fraction of sp³-hybridized carbons (Fsp3) is 0.850. The number of ketones is 1. The van der Waals surface area contributed by atoms with Gasteiger partial charge in [0.25, 0.3) is 0 Å². The maximum atomic E-state index is 11.4. The molecular formula is C120H204O23. The van der Waals surface area contributed by atoms with E-state index in [4.69, 9.17) is 54.0 Å². The van der Waals surface area contributed by atoms with E-state index in [0.29, 0.717) is 12.8 Å². The molecule has 6 aliphatic rings. The molecule has 0 aromatic rings. The van der Waals surface area contributed by atoms with Crippen LogP contribution in [0.15, 0.2) is 0 Å². The maximum Gasteiger partial charge on any atom is 0.309 e. The van der Waals surface area contributed by atoms with Gasteiger partial charge in [-0.25, -0.2) is 0 Å². The molecule has 18 atom stereocenters. The number of hydrogen-bond donors (Lipinski definition) is 11. The van der Waals surface area contributed by atoms with Crippen LogP contribution in [0.4, 0.5) is 0 Å². The van der Waals surface area contributed by atoms with Gasteiger partial charge >= 0.3 is 29.8 Å². The van der Waals surface area contributed by atoms with Crippen LogP contribution in [-0.2, 0) is 57.2 Å².